The maximum Gasteiger partial charge on any atom is 0.251 e. The lowest BCUT2D eigenvalue weighted by Crippen LogP contribution is -2.42. The van der Waals surface area contributed by atoms with Gasteiger partial charge in [0.2, 0.25) is 0 Å². The predicted octanol–water partition coefficient (Wildman–Crippen LogP) is 5.06. The maximum atomic E-state index is 13.4. The molecule has 4 rings (SSSR count). The van der Waals surface area contributed by atoms with Crippen molar-refractivity contribution in [1.29, 1.82) is 0 Å². The van der Waals surface area contributed by atoms with Crippen LogP contribution in [0.25, 0.3) is 0 Å². The van der Waals surface area contributed by atoms with Gasteiger partial charge >= 0.3 is 0 Å². The number of amides is 1. The van der Waals surface area contributed by atoms with Gasteiger partial charge in [-0.2, -0.15) is 0 Å². The van der Waals surface area contributed by atoms with Crippen molar-refractivity contribution in [1.82, 2.24) is 10.2 Å². The van der Waals surface area contributed by atoms with Gasteiger partial charge in [0.15, 0.2) is 5.78 Å². The van der Waals surface area contributed by atoms with Crippen LogP contribution in [0.1, 0.15) is 81.1 Å². The van der Waals surface area contributed by atoms with Crippen LogP contribution < -0.4 is 10.2 Å². The predicted molar refractivity (Wildman–Crippen MR) is 139 cm³/mol. The van der Waals surface area contributed by atoms with Crippen molar-refractivity contribution < 1.29 is 9.59 Å². The van der Waals surface area contributed by atoms with Crippen molar-refractivity contribution in [2.24, 2.45) is 0 Å². The lowest BCUT2D eigenvalue weighted by atomic mass is 9.88. The SMILES string of the molecule is CCN(c1cccc2c1CCCCC1=C(CNC2=O)C(=O)CC(C)=C1)C1CCC(N(C)C)CC1. The first kappa shape index (κ1) is 24.7. The normalized spacial score (nSPS) is 24.1. The van der Waals surface area contributed by atoms with Gasteiger partial charge in [0, 0.05) is 48.4 Å². The van der Waals surface area contributed by atoms with E-state index < -0.39 is 0 Å². The molecule has 1 aliphatic heterocycles. The Balaban J connectivity index is 1.60. The van der Waals surface area contributed by atoms with Crippen LogP contribution in [0.5, 0.6) is 0 Å². The molecule has 1 amide bonds. The minimum Gasteiger partial charge on any atom is -0.369 e. The highest BCUT2D eigenvalue weighted by molar-refractivity contribution is 6.02. The Morgan fingerprint density at radius 3 is 2.41 bits per heavy atom. The van der Waals surface area contributed by atoms with Gasteiger partial charge in [-0.15, -0.1) is 0 Å². The van der Waals surface area contributed by atoms with Crippen LogP contribution in [0.15, 0.2) is 41.0 Å². The van der Waals surface area contributed by atoms with E-state index in [-0.39, 0.29) is 11.7 Å². The van der Waals surface area contributed by atoms with E-state index in [4.69, 9.17) is 0 Å². The number of nitrogens with one attached hydrogen (secondary N) is 1. The van der Waals surface area contributed by atoms with Crippen molar-refractivity contribution in [3.63, 3.8) is 0 Å². The van der Waals surface area contributed by atoms with E-state index >= 15 is 0 Å². The molecule has 0 unspecified atom stereocenters. The Labute approximate surface area is 205 Å². The van der Waals surface area contributed by atoms with Gasteiger partial charge < -0.3 is 15.1 Å². The van der Waals surface area contributed by atoms with Crippen molar-refractivity contribution >= 4 is 17.4 Å². The van der Waals surface area contributed by atoms with Crippen LogP contribution in [0.3, 0.4) is 0 Å². The fourth-order valence-electron chi connectivity index (χ4n) is 6.12. The zero-order chi connectivity index (χ0) is 24.2. The van der Waals surface area contributed by atoms with Gasteiger partial charge in [-0.1, -0.05) is 17.7 Å². The average molecular weight is 464 g/mol. The molecule has 1 heterocycles. The molecule has 0 aromatic heterocycles. The fourth-order valence-corrected chi connectivity index (χ4v) is 6.12. The molecule has 0 saturated heterocycles. The average Bonchev–Trinajstić information content (AvgIpc) is 2.84. The van der Waals surface area contributed by atoms with E-state index in [0.29, 0.717) is 25.0 Å². The molecule has 2 aliphatic carbocycles. The molecule has 0 bridgehead atoms. The molecule has 1 aromatic rings. The summed E-state index contributed by atoms with van der Waals surface area (Å²) in [5.74, 6) is 0.103. The summed E-state index contributed by atoms with van der Waals surface area (Å²) < 4.78 is 0. The molecule has 0 atom stereocenters. The number of carbonyl (C=O) groups is 2. The van der Waals surface area contributed by atoms with E-state index in [1.54, 1.807) is 0 Å². The van der Waals surface area contributed by atoms with Gasteiger partial charge in [0.25, 0.3) is 5.91 Å². The van der Waals surface area contributed by atoms with Crippen LogP contribution in [-0.4, -0.2) is 55.9 Å². The number of rotatable bonds is 4. The van der Waals surface area contributed by atoms with E-state index in [1.807, 2.05) is 19.1 Å². The lowest BCUT2D eigenvalue weighted by molar-refractivity contribution is -0.115. The van der Waals surface area contributed by atoms with Gasteiger partial charge in [-0.25, -0.2) is 0 Å². The monoisotopic (exact) mass is 463 g/mol. The Kier molecular flexibility index (Phi) is 7.92. The molecule has 34 heavy (non-hydrogen) atoms. The van der Waals surface area contributed by atoms with Crippen LogP contribution in [-0.2, 0) is 11.2 Å². The number of fused-ring (bicyclic) bond motifs is 1. The summed E-state index contributed by atoms with van der Waals surface area (Å²) in [5, 5.41) is 3.09. The minimum atomic E-state index is -0.0583. The Morgan fingerprint density at radius 2 is 1.71 bits per heavy atom. The summed E-state index contributed by atoms with van der Waals surface area (Å²) in [6, 6.07) is 7.40. The zero-order valence-corrected chi connectivity index (χ0v) is 21.5. The molecule has 1 aromatic carbocycles. The first-order valence-electron chi connectivity index (χ1n) is 13.1. The third-order valence-electron chi connectivity index (χ3n) is 8.02. The number of hydrogen-bond donors (Lipinski definition) is 1. The minimum absolute atomic E-state index is 0.0583. The number of anilines is 1. The highest BCUT2D eigenvalue weighted by Gasteiger charge is 2.29. The highest BCUT2D eigenvalue weighted by Crippen LogP contribution is 2.34. The van der Waals surface area contributed by atoms with Crippen LogP contribution in [0.4, 0.5) is 5.69 Å². The largest absolute Gasteiger partial charge is 0.369 e. The van der Waals surface area contributed by atoms with Crippen molar-refractivity contribution in [3.8, 4) is 0 Å². The molecule has 0 spiro atoms. The van der Waals surface area contributed by atoms with E-state index in [1.165, 1.54) is 36.9 Å². The molecule has 184 valence electrons. The molecular formula is C29H41N3O2. The lowest BCUT2D eigenvalue weighted by Gasteiger charge is -2.40. The van der Waals surface area contributed by atoms with Crippen molar-refractivity contribution in [3.05, 3.63) is 52.1 Å². The van der Waals surface area contributed by atoms with Gasteiger partial charge in [0.1, 0.15) is 0 Å². The Hall–Kier alpha value is -2.40. The second-order valence-corrected chi connectivity index (χ2v) is 10.5. The molecule has 1 N–H and O–H groups in total. The summed E-state index contributed by atoms with van der Waals surface area (Å²) in [7, 11) is 4.37. The molecule has 3 aliphatic rings. The summed E-state index contributed by atoms with van der Waals surface area (Å²) in [4.78, 5) is 31.0. The van der Waals surface area contributed by atoms with Crippen LogP contribution in [0.2, 0.25) is 0 Å². The molecule has 5 heteroatoms. The maximum absolute atomic E-state index is 13.4. The van der Waals surface area contributed by atoms with Gasteiger partial charge in [-0.3, -0.25) is 9.59 Å². The zero-order valence-electron chi connectivity index (χ0n) is 21.5. The topological polar surface area (TPSA) is 52.7 Å². The first-order chi connectivity index (χ1) is 16.4. The summed E-state index contributed by atoms with van der Waals surface area (Å²) >= 11 is 0. The third kappa shape index (κ3) is 5.30. The number of hydrogen-bond acceptors (Lipinski definition) is 4. The van der Waals surface area contributed by atoms with E-state index in [0.717, 1.165) is 54.5 Å². The standard InChI is InChI=1S/C29H41N3O2/c1-5-32(23-15-13-22(14-16-23)31(3)4)27-12-8-11-25-24(27)10-7-6-9-21-17-20(2)18-28(33)26(21)19-30-29(25)34/h8,11-12,17,22-23H,5-7,9-10,13-16,18-19H2,1-4H3,(H,30,34). The number of carbonyl (C=O) groups excluding carboxylic acids is 2. The number of benzene rings is 1. The second kappa shape index (κ2) is 10.9. The fraction of sp³-hybridized carbons (Fsp3) is 0.586. The molecular weight excluding hydrogens is 422 g/mol. The van der Waals surface area contributed by atoms with Crippen LogP contribution >= 0.6 is 0 Å². The van der Waals surface area contributed by atoms with Gasteiger partial charge in [-0.05, 0) is 103 Å². The van der Waals surface area contributed by atoms with Crippen LogP contribution in [0, 0.1) is 0 Å². The number of ketones is 1. The highest BCUT2D eigenvalue weighted by atomic mass is 16.2. The van der Waals surface area contributed by atoms with Crippen molar-refractivity contribution in [2.75, 3.05) is 32.1 Å². The smallest absolute Gasteiger partial charge is 0.251 e. The third-order valence-corrected chi connectivity index (χ3v) is 8.02. The molecule has 1 saturated carbocycles. The first-order valence-corrected chi connectivity index (χ1v) is 13.1. The van der Waals surface area contributed by atoms with E-state index in [9.17, 15) is 9.59 Å². The number of nitrogens with zero attached hydrogens (tertiary/aromatic N) is 2. The summed E-state index contributed by atoms with van der Waals surface area (Å²) in [6.45, 7) is 5.54. The summed E-state index contributed by atoms with van der Waals surface area (Å²) in [6.07, 6.45) is 11.3. The summed E-state index contributed by atoms with van der Waals surface area (Å²) in [5.41, 5.74) is 6.22. The molecule has 5 nitrogen and oxygen atoms in total. The Morgan fingerprint density at radius 1 is 1.00 bits per heavy atom. The van der Waals surface area contributed by atoms with Gasteiger partial charge in [0.05, 0.1) is 0 Å². The molecule has 0 radical (unpaired) electrons. The second-order valence-electron chi connectivity index (χ2n) is 10.5. The van der Waals surface area contributed by atoms with E-state index in [2.05, 4.69) is 48.3 Å². The Bertz CT molecular complexity index is 983. The van der Waals surface area contributed by atoms with Crippen molar-refractivity contribution in [2.45, 2.75) is 83.7 Å². The molecule has 1 fully saturated rings. The number of allylic oxidation sites excluding steroid dienone is 3. The number of Topliss-reactive ketones (excluding diaryl/α,β-unsaturated/α-hetero) is 1. The quantitative estimate of drug-likeness (QED) is 0.678.